The van der Waals surface area contributed by atoms with E-state index in [1.165, 1.54) is 0 Å². The number of hydrogen-bond donors (Lipinski definition) is 1. The molecule has 2 heterocycles. The number of carbonyl (C=O) groups excluding carboxylic acids is 1. The molecule has 0 unspecified atom stereocenters. The van der Waals surface area contributed by atoms with Gasteiger partial charge in [-0.1, -0.05) is 13.8 Å². The lowest BCUT2D eigenvalue weighted by molar-refractivity contribution is 0.0739. The van der Waals surface area contributed by atoms with Gasteiger partial charge in [0.15, 0.2) is 0 Å². The van der Waals surface area contributed by atoms with Gasteiger partial charge in [0.05, 0.1) is 10.7 Å². The van der Waals surface area contributed by atoms with Gasteiger partial charge >= 0.3 is 0 Å². The predicted octanol–water partition coefficient (Wildman–Crippen LogP) is 1.42. The van der Waals surface area contributed by atoms with E-state index in [2.05, 4.69) is 38.2 Å². The SMILES string of the molecule is CC(C)c1nc(CCN(C)C)sc1C(=O)N1CCNCC1. The van der Waals surface area contributed by atoms with E-state index in [4.69, 9.17) is 4.98 Å². The fraction of sp³-hybridized carbons (Fsp3) is 0.733. The van der Waals surface area contributed by atoms with Crippen molar-refractivity contribution < 1.29 is 4.79 Å². The third-order valence-electron chi connectivity index (χ3n) is 3.62. The third kappa shape index (κ3) is 4.25. The highest BCUT2D eigenvalue weighted by molar-refractivity contribution is 7.13. The van der Waals surface area contributed by atoms with Crippen LogP contribution in [-0.2, 0) is 6.42 Å². The Bertz CT molecular complexity index is 478. The molecule has 1 aliphatic heterocycles. The monoisotopic (exact) mass is 310 g/mol. The molecular formula is C15H26N4OS. The molecule has 0 aromatic carbocycles. The molecule has 21 heavy (non-hydrogen) atoms. The first-order valence-corrected chi connectivity index (χ1v) is 8.45. The highest BCUT2D eigenvalue weighted by Crippen LogP contribution is 2.27. The topological polar surface area (TPSA) is 48.5 Å². The minimum absolute atomic E-state index is 0.161. The molecular weight excluding hydrogens is 284 g/mol. The molecule has 1 amide bonds. The summed E-state index contributed by atoms with van der Waals surface area (Å²) in [4.78, 5) is 22.4. The number of rotatable bonds is 5. The molecule has 2 rings (SSSR count). The van der Waals surface area contributed by atoms with Crippen molar-refractivity contribution in [3.05, 3.63) is 15.6 Å². The van der Waals surface area contributed by atoms with Gasteiger partial charge in [-0.2, -0.15) is 0 Å². The molecule has 1 aromatic rings. The molecule has 1 aromatic heterocycles. The maximum absolute atomic E-state index is 12.7. The molecule has 6 heteroatoms. The van der Waals surface area contributed by atoms with E-state index in [0.717, 1.165) is 54.7 Å². The van der Waals surface area contributed by atoms with Crippen molar-refractivity contribution in [2.75, 3.05) is 46.8 Å². The van der Waals surface area contributed by atoms with Gasteiger partial charge in [0.2, 0.25) is 0 Å². The Balaban J connectivity index is 2.17. The summed E-state index contributed by atoms with van der Waals surface area (Å²) < 4.78 is 0. The summed E-state index contributed by atoms with van der Waals surface area (Å²) >= 11 is 1.58. The number of amides is 1. The van der Waals surface area contributed by atoms with Crippen LogP contribution in [0.1, 0.15) is 40.1 Å². The predicted molar refractivity (Wildman–Crippen MR) is 87.2 cm³/mol. The van der Waals surface area contributed by atoms with Crippen LogP contribution in [0, 0.1) is 0 Å². The van der Waals surface area contributed by atoms with E-state index in [-0.39, 0.29) is 11.8 Å². The zero-order valence-corrected chi connectivity index (χ0v) is 14.3. The number of likely N-dealkylation sites (N-methyl/N-ethyl adjacent to an activating group) is 1. The maximum atomic E-state index is 12.7. The first kappa shape index (κ1) is 16.4. The molecule has 1 fully saturated rings. The Morgan fingerprint density at radius 2 is 2.05 bits per heavy atom. The average molecular weight is 310 g/mol. The van der Waals surface area contributed by atoms with E-state index in [1.807, 2.05) is 4.90 Å². The minimum Gasteiger partial charge on any atom is -0.335 e. The van der Waals surface area contributed by atoms with Crippen LogP contribution in [0.25, 0.3) is 0 Å². The van der Waals surface area contributed by atoms with Gasteiger partial charge in [-0.15, -0.1) is 11.3 Å². The summed E-state index contributed by atoms with van der Waals surface area (Å²) in [6.07, 6.45) is 0.909. The normalized spacial score (nSPS) is 16.0. The summed E-state index contributed by atoms with van der Waals surface area (Å²) in [5, 5.41) is 4.36. The lowest BCUT2D eigenvalue weighted by Gasteiger charge is -2.27. The van der Waals surface area contributed by atoms with Crippen molar-refractivity contribution >= 4 is 17.2 Å². The molecule has 0 saturated carbocycles. The number of hydrogen-bond acceptors (Lipinski definition) is 5. The smallest absolute Gasteiger partial charge is 0.265 e. The second kappa shape index (κ2) is 7.33. The third-order valence-corrected chi connectivity index (χ3v) is 4.73. The van der Waals surface area contributed by atoms with Gasteiger partial charge in [0.1, 0.15) is 4.88 Å². The number of piperazine rings is 1. The molecule has 5 nitrogen and oxygen atoms in total. The minimum atomic E-state index is 0.161. The van der Waals surface area contributed by atoms with Crippen molar-refractivity contribution in [3.8, 4) is 0 Å². The van der Waals surface area contributed by atoms with Gasteiger partial charge in [0.25, 0.3) is 5.91 Å². The van der Waals surface area contributed by atoms with E-state index < -0.39 is 0 Å². The molecule has 0 atom stereocenters. The average Bonchev–Trinajstić information content (AvgIpc) is 2.89. The number of thiazole rings is 1. The lowest BCUT2D eigenvalue weighted by Crippen LogP contribution is -2.46. The Kier molecular flexibility index (Phi) is 5.72. The van der Waals surface area contributed by atoms with Gasteiger partial charge in [-0.3, -0.25) is 4.79 Å². The van der Waals surface area contributed by atoms with Crippen LogP contribution >= 0.6 is 11.3 Å². The zero-order chi connectivity index (χ0) is 15.4. The second-order valence-corrected chi connectivity index (χ2v) is 7.16. The van der Waals surface area contributed by atoms with Crippen LogP contribution in [-0.4, -0.2) is 67.5 Å². The summed E-state index contributed by atoms with van der Waals surface area (Å²) in [7, 11) is 4.12. The first-order valence-electron chi connectivity index (χ1n) is 7.63. The summed E-state index contributed by atoms with van der Waals surface area (Å²) in [5.41, 5.74) is 0.970. The quantitative estimate of drug-likeness (QED) is 0.893. The van der Waals surface area contributed by atoms with Crippen molar-refractivity contribution in [2.24, 2.45) is 0 Å². The first-order chi connectivity index (χ1) is 9.99. The number of nitrogens with one attached hydrogen (secondary N) is 1. The molecule has 1 aliphatic rings. The lowest BCUT2D eigenvalue weighted by atomic mass is 10.1. The zero-order valence-electron chi connectivity index (χ0n) is 13.5. The van der Waals surface area contributed by atoms with Gasteiger partial charge in [-0.25, -0.2) is 4.98 Å². The maximum Gasteiger partial charge on any atom is 0.265 e. The van der Waals surface area contributed by atoms with Crippen molar-refractivity contribution in [1.82, 2.24) is 20.1 Å². The molecule has 1 saturated heterocycles. The Hall–Kier alpha value is -0.980. The fourth-order valence-electron chi connectivity index (χ4n) is 2.36. The van der Waals surface area contributed by atoms with Crippen LogP contribution in [0.4, 0.5) is 0 Å². The highest BCUT2D eigenvalue weighted by atomic mass is 32.1. The number of nitrogens with zero attached hydrogens (tertiary/aromatic N) is 3. The number of aromatic nitrogens is 1. The van der Waals surface area contributed by atoms with Gasteiger partial charge in [0, 0.05) is 39.1 Å². The van der Waals surface area contributed by atoms with Crippen LogP contribution in [0.15, 0.2) is 0 Å². The van der Waals surface area contributed by atoms with Gasteiger partial charge in [-0.05, 0) is 20.0 Å². The highest BCUT2D eigenvalue weighted by Gasteiger charge is 2.25. The molecule has 1 N–H and O–H groups in total. The van der Waals surface area contributed by atoms with Crippen LogP contribution in [0.5, 0.6) is 0 Å². The molecule has 0 aliphatic carbocycles. The Morgan fingerprint density at radius 3 is 2.62 bits per heavy atom. The standard InChI is InChI=1S/C15H26N4OS/c1-11(2)13-14(15(20)19-9-6-16-7-10-19)21-12(17-13)5-8-18(3)4/h11,16H,5-10H2,1-4H3. The summed E-state index contributed by atoms with van der Waals surface area (Å²) in [6, 6.07) is 0. The van der Waals surface area contributed by atoms with E-state index >= 15 is 0 Å². The van der Waals surface area contributed by atoms with Crippen molar-refractivity contribution in [2.45, 2.75) is 26.2 Å². The Morgan fingerprint density at radius 1 is 1.38 bits per heavy atom. The van der Waals surface area contributed by atoms with E-state index in [1.54, 1.807) is 11.3 Å². The fourth-order valence-corrected chi connectivity index (χ4v) is 3.54. The van der Waals surface area contributed by atoms with Crippen LogP contribution in [0.2, 0.25) is 0 Å². The molecule has 0 spiro atoms. The van der Waals surface area contributed by atoms with E-state index in [0.29, 0.717) is 0 Å². The molecule has 118 valence electrons. The molecule has 0 bridgehead atoms. The summed E-state index contributed by atoms with van der Waals surface area (Å²) in [6.45, 7) is 8.54. The summed E-state index contributed by atoms with van der Waals surface area (Å²) in [5.74, 6) is 0.449. The second-order valence-electron chi connectivity index (χ2n) is 6.07. The van der Waals surface area contributed by atoms with Crippen molar-refractivity contribution in [3.63, 3.8) is 0 Å². The number of carbonyl (C=O) groups is 1. The molecule has 0 radical (unpaired) electrons. The van der Waals surface area contributed by atoms with Crippen molar-refractivity contribution in [1.29, 1.82) is 0 Å². The largest absolute Gasteiger partial charge is 0.335 e. The Labute approximate surface area is 131 Å². The van der Waals surface area contributed by atoms with Gasteiger partial charge < -0.3 is 15.1 Å². The van der Waals surface area contributed by atoms with Crippen LogP contribution < -0.4 is 5.32 Å². The van der Waals surface area contributed by atoms with Crippen LogP contribution in [0.3, 0.4) is 0 Å². The van der Waals surface area contributed by atoms with E-state index in [9.17, 15) is 4.79 Å².